The van der Waals surface area contributed by atoms with Crippen LogP contribution in [0.1, 0.15) is 0 Å². The van der Waals surface area contributed by atoms with E-state index in [2.05, 4.69) is 182 Å². The maximum Gasteiger partial charge on any atom is 0.144 e. The first-order valence-corrected chi connectivity index (χ1v) is 19.8. The molecule has 2 nitrogen and oxygen atoms in total. The Hall–Kier alpha value is -5.51. The number of aromatic nitrogens is 2. The topological polar surface area (TPSA) is 17.8 Å². The van der Waals surface area contributed by atoms with Gasteiger partial charge < -0.3 is 4.57 Å². The molecule has 226 valence electrons. The van der Waals surface area contributed by atoms with Gasteiger partial charge in [0.05, 0.1) is 13.8 Å². The predicted molar refractivity (Wildman–Crippen MR) is 203 cm³/mol. The molecule has 0 saturated carbocycles. The van der Waals surface area contributed by atoms with Gasteiger partial charge in [-0.3, -0.25) is 0 Å². The number of benzene rings is 6. The molecule has 8 rings (SSSR count). The summed E-state index contributed by atoms with van der Waals surface area (Å²) >= 11 is 0. The van der Waals surface area contributed by atoms with Gasteiger partial charge >= 0.3 is 0 Å². The van der Waals surface area contributed by atoms with Gasteiger partial charge in [-0.05, 0) is 67.7 Å². The second-order valence-electron chi connectivity index (χ2n) is 13.2. The van der Waals surface area contributed by atoms with Crippen molar-refractivity contribution in [3.8, 4) is 50.2 Å². The zero-order valence-corrected chi connectivity index (χ0v) is 28.0. The Kier molecular flexibility index (Phi) is 7.19. The van der Waals surface area contributed by atoms with Crippen LogP contribution in [-0.2, 0) is 0 Å². The molecule has 0 aliphatic carbocycles. The largest absolute Gasteiger partial charge is 0.301 e. The lowest BCUT2D eigenvalue weighted by atomic mass is 9.78. The van der Waals surface area contributed by atoms with Gasteiger partial charge in [0.1, 0.15) is 5.65 Å². The minimum atomic E-state index is -1.70. The van der Waals surface area contributed by atoms with Crippen LogP contribution in [0.5, 0.6) is 0 Å². The van der Waals surface area contributed by atoms with Crippen LogP contribution in [0.2, 0.25) is 19.6 Å². The third kappa shape index (κ3) is 5.00. The Morgan fingerprint density at radius 3 is 1.45 bits per heavy atom. The van der Waals surface area contributed by atoms with Crippen LogP contribution < -0.4 is 5.19 Å². The molecule has 2 heterocycles. The average molecular weight is 621 g/mol. The Labute approximate surface area is 277 Å². The summed E-state index contributed by atoms with van der Waals surface area (Å²) in [6, 6.07) is 54.8. The summed E-state index contributed by atoms with van der Waals surface area (Å²) < 4.78 is 2.36. The molecule has 0 aliphatic rings. The second-order valence-corrected chi connectivity index (χ2v) is 18.2. The molecule has 3 heteroatoms. The minimum absolute atomic E-state index is 1.01. The van der Waals surface area contributed by atoms with E-state index in [1.54, 1.807) is 0 Å². The van der Waals surface area contributed by atoms with Crippen molar-refractivity contribution < 1.29 is 0 Å². The monoisotopic (exact) mass is 620 g/mol. The first-order valence-electron chi connectivity index (χ1n) is 16.3. The van der Waals surface area contributed by atoms with Crippen molar-refractivity contribution >= 4 is 35.1 Å². The van der Waals surface area contributed by atoms with E-state index in [9.17, 15) is 0 Å². The summed E-state index contributed by atoms with van der Waals surface area (Å²) in [5.74, 6) is 0. The zero-order valence-electron chi connectivity index (χ0n) is 27.0. The molecule has 0 bridgehead atoms. The van der Waals surface area contributed by atoms with Crippen molar-refractivity contribution in [2.24, 2.45) is 0 Å². The minimum Gasteiger partial charge on any atom is -0.301 e. The quantitative estimate of drug-likeness (QED) is 0.169. The lowest BCUT2D eigenvalue weighted by molar-refractivity contribution is 1.11. The van der Waals surface area contributed by atoms with E-state index < -0.39 is 8.07 Å². The molecule has 0 amide bonds. The highest BCUT2D eigenvalue weighted by atomic mass is 28.3. The van der Waals surface area contributed by atoms with E-state index in [0.717, 1.165) is 11.3 Å². The van der Waals surface area contributed by atoms with E-state index >= 15 is 0 Å². The van der Waals surface area contributed by atoms with Gasteiger partial charge in [0.15, 0.2) is 0 Å². The highest BCUT2D eigenvalue weighted by molar-refractivity contribution is 6.90. The molecule has 0 saturated heterocycles. The Balaban J connectivity index is 1.65. The Morgan fingerprint density at radius 1 is 0.447 bits per heavy atom. The molecule has 0 atom stereocenters. The Bertz CT molecular complexity index is 2350. The molecule has 0 fully saturated rings. The average Bonchev–Trinajstić information content (AvgIpc) is 3.52. The fourth-order valence-electron chi connectivity index (χ4n) is 7.15. The van der Waals surface area contributed by atoms with Crippen molar-refractivity contribution in [3.05, 3.63) is 164 Å². The van der Waals surface area contributed by atoms with Gasteiger partial charge in [0, 0.05) is 28.7 Å². The summed E-state index contributed by atoms with van der Waals surface area (Å²) in [5.41, 5.74) is 11.9. The smallest absolute Gasteiger partial charge is 0.144 e. The number of rotatable bonds is 6. The van der Waals surface area contributed by atoms with E-state index in [-0.39, 0.29) is 0 Å². The molecule has 2 aromatic heterocycles. The van der Waals surface area contributed by atoms with E-state index in [4.69, 9.17) is 4.98 Å². The zero-order chi connectivity index (χ0) is 32.0. The fourth-order valence-corrected chi connectivity index (χ4v) is 8.67. The van der Waals surface area contributed by atoms with Crippen LogP contribution in [0.3, 0.4) is 0 Å². The van der Waals surface area contributed by atoms with Gasteiger partial charge in [0.2, 0.25) is 0 Å². The maximum absolute atomic E-state index is 5.01. The lowest BCUT2D eigenvalue weighted by Crippen LogP contribution is -2.37. The molecule has 47 heavy (non-hydrogen) atoms. The molecule has 0 N–H and O–H groups in total. The molecule has 8 aromatic rings. The fraction of sp³-hybridized carbons (Fsp3) is 0.0682. The molecule has 0 spiro atoms. The molecule has 0 unspecified atom stereocenters. The van der Waals surface area contributed by atoms with E-state index in [0.29, 0.717) is 0 Å². The Morgan fingerprint density at radius 2 is 0.915 bits per heavy atom. The van der Waals surface area contributed by atoms with Crippen LogP contribution in [-0.4, -0.2) is 17.6 Å². The summed E-state index contributed by atoms with van der Waals surface area (Å²) in [6.45, 7) is 7.26. The molecule has 0 aliphatic heterocycles. The number of hydrogen-bond donors (Lipinski definition) is 0. The number of hydrogen-bond acceptors (Lipinski definition) is 1. The van der Waals surface area contributed by atoms with Crippen molar-refractivity contribution in [3.63, 3.8) is 0 Å². The first-order chi connectivity index (χ1) is 23.0. The second kappa shape index (κ2) is 11.7. The summed E-state index contributed by atoms with van der Waals surface area (Å²) in [5, 5.41) is 5.11. The molecule has 0 radical (unpaired) electrons. The van der Waals surface area contributed by atoms with E-state index in [1.165, 1.54) is 65.9 Å². The van der Waals surface area contributed by atoms with Crippen LogP contribution in [0.25, 0.3) is 72.0 Å². The molecular formula is C44H36N2Si. The number of fused-ring (bicyclic) bond motifs is 2. The first kappa shape index (κ1) is 28.9. The van der Waals surface area contributed by atoms with Crippen LogP contribution in [0.15, 0.2) is 164 Å². The standard InChI is InChI=1S/C44H36N2Si/c1-47(2,3)38-30-46(44-35(38)27-17-29-45-44)37-28-16-26-36-39(31-18-8-4-9-19-31)40(32-20-10-5-11-21-32)41(33-22-12-6-13-23-33)42(43(36)37)34-24-14-7-15-25-34/h4-30H,1-3H3. The maximum atomic E-state index is 5.01. The van der Waals surface area contributed by atoms with Gasteiger partial charge in [-0.1, -0.05) is 153 Å². The third-order valence-corrected chi connectivity index (χ3v) is 11.2. The predicted octanol–water partition coefficient (Wildman–Crippen LogP) is 11.4. The van der Waals surface area contributed by atoms with Crippen molar-refractivity contribution in [2.75, 3.05) is 0 Å². The summed E-state index contributed by atoms with van der Waals surface area (Å²) in [6.07, 6.45) is 4.30. The van der Waals surface area contributed by atoms with Crippen LogP contribution in [0.4, 0.5) is 0 Å². The van der Waals surface area contributed by atoms with Crippen LogP contribution >= 0.6 is 0 Å². The lowest BCUT2D eigenvalue weighted by Gasteiger charge is -2.26. The van der Waals surface area contributed by atoms with Gasteiger partial charge in [0.25, 0.3) is 0 Å². The number of nitrogens with zero attached hydrogens (tertiary/aromatic N) is 2. The molecule has 6 aromatic carbocycles. The molecular weight excluding hydrogens is 585 g/mol. The van der Waals surface area contributed by atoms with Gasteiger partial charge in [-0.15, -0.1) is 0 Å². The third-order valence-electron chi connectivity index (χ3n) is 9.19. The van der Waals surface area contributed by atoms with Crippen LogP contribution in [0, 0.1) is 0 Å². The van der Waals surface area contributed by atoms with Crippen molar-refractivity contribution in [1.29, 1.82) is 0 Å². The van der Waals surface area contributed by atoms with Crippen molar-refractivity contribution in [1.82, 2.24) is 9.55 Å². The highest BCUT2D eigenvalue weighted by Gasteiger charge is 2.28. The summed E-state index contributed by atoms with van der Waals surface area (Å²) in [7, 11) is -1.70. The number of pyridine rings is 1. The van der Waals surface area contributed by atoms with Crippen molar-refractivity contribution in [2.45, 2.75) is 19.6 Å². The highest BCUT2D eigenvalue weighted by Crippen LogP contribution is 2.52. The van der Waals surface area contributed by atoms with Gasteiger partial charge in [-0.25, -0.2) is 4.98 Å². The van der Waals surface area contributed by atoms with E-state index in [1.807, 2.05) is 6.20 Å². The summed E-state index contributed by atoms with van der Waals surface area (Å²) in [4.78, 5) is 5.01. The normalized spacial score (nSPS) is 11.7. The van der Waals surface area contributed by atoms with Gasteiger partial charge in [-0.2, -0.15) is 0 Å². The SMILES string of the molecule is C[Si](C)(C)c1cn(-c2cccc3c(-c4ccccc4)c(-c4ccccc4)c(-c4ccccc4)c(-c4ccccc4)c23)c2ncccc12.